The van der Waals surface area contributed by atoms with E-state index in [-0.39, 0.29) is 5.91 Å². The molecule has 0 aliphatic carbocycles. The number of hydrogen-bond donors (Lipinski definition) is 2. The molecule has 0 spiro atoms. The lowest BCUT2D eigenvalue weighted by atomic mass is 10.1. The molecule has 0 heterocycles. The molecule has 2 N–H and O–H groups in total. The monoisotopic (exact) mass is 240 g/mol. The number of carbonyl (C=O) groups is 1. The van der Waals surface area contributed by atoms with Gasteiger partial charge in [-0.3, -0.25) is 4.79 Å². The lowest BCUT2D eigenvalue weighted by Crippen LogP contribution is -2.05. The third-order valence-electron chi connectivity index (χ3n) is 2.52. The van der Waals surface area contributed by atoms with Crippen LogP contribution in [0.5, 0.6) is 0 Å². The molecule has 0 fully saturated rings. The van der Waals surface area contributed by atoms with Crippen molar-refractivity contribution in [2.45, 2.75) is 13.8 Å². The molecule has 0 atom stereocenters. The van der Waals surface area contributed by atoms with Crippen LogP contribution in [-0.4, -0.2) is 5.91 Å². The summed E-state index contributed by atoms with van der Waals surface area (Å²) in [6.45, 7) is 7.24. The summed E-state index contributed by atoms with van der Waals surface area (Å²) in [5, 5.41) is 8.17. The summed E-state index contributed by atoms with van der Waals surface area (Å²) in [5.74, 6) is -0.0603. The highest BCUT2D eigenvalue weighted by atomic mass is 16.1. The highest BCUT2D eigenvalue weighted by molar-refractivity contribution is 5.94. The molecule has 0 aliphatic rings. The topological polar surface area (TPSA) is 41.1 Å². The van der Waals surface area contributed by atoms with E-state index in [9.17, 15) is 4.79 Å². The minimum atomic E-state index is -0.0603. The molecule has 92 valence electrons. The Balaban J connectivity index is 2.35. The van der Waals surface area contributed by atoms with Gasteiger partial charge in [-0.25, -0.2) is 0 Å². The Hall–Kier alpha value is -2.29. The number of rotatable bonds is 3. The summed E-state index contributed by atoms with van der Waals surface area (Å²) in [6, 6.07) is 11.9. The Bertz CT molecular complexity index is 562. The molecule has 0 unspecified atom stereocenters. The average molecular weight is 240 g/mol. The number of hydrogen-bond acceptors (Lipinski definition) is 2. The van der Waals surface area contributed by atoms with Crippen molar-refractivity contribution >= 4 is 28.1 Å². The summed E-state index contributed by atoms with van der Waals surface area (Å²) in [7, 11) is 0. The van der Waals surface area contributed by atoms with Gasteiger partial charge in [0.15, 0.2) is 0 Å². The van der Waals surface area contributed by atoms with Crippen LogP contribution in [-0.2, 0) is 4.79 Å². The maximum Gasteiger partial charge on any atom is 0.221 e. The van der Waals surface area contributed by atoms with E-state index in [1.54, 1.807) is 0 Å². The zero-order valence-corrected chi connectivity index (χ0v) is 10.6. The zero-order chi connectivity index (χ0) is 13.1. The standard InChI is InChI=1S/C15H16N2O/c1-10(2)16-14-6-4-13-9-15(17-11(3)18)7-5-12(13)8-14/h4-9,16H,1H2,2-3H3,(H,17,18). The number of carbonyl (C=O) groups excluding carboxylic acids is 1. The van der Waals surface area contributed by atoms with Crippen molar-refractivity contribution in [2.75, 3.05) is 10.6 Å². The van der Waals surface area contributed by atoms with E-state index in [0.29, 0.717) is 0 Å². The Morgan fingerprint density at radius 2 is 1.44 bits per heavy atom. The molecule has 0 bridgehead atoms. The Kier molecular flexibility index (Phi) is 3.33. The second-order valence-electron chi connectivity index (χ2n) is 4.36. The van der Waals surface area contributed by atoms with Crippen molar-refractivity contribution in [3.63, 3.8) is 0 Å². The quantitative estimate of drug-likeness (QED) is 0.858. The van der Waals surface area contributed by atoms with E-state index < -0.39 is 0 Å². The largest absolute Gasteiger partial charge is 0.360 e. The van der Waals surface area contributed by atoms with Crippen LogP contribution in [0.15, 0.2) is 48.7 Å². The van der Waals surface area contributed by atoms with Crippen molar-refractivity contribution in [3.8, 4) is 0 Å². The number of allylic oxidation sites excluding steroid dienone is 1. The lowest BCUT2D eigenvalue weighted by molar-refractivity contribution is -0.114. The van der Waals surface area contributed by atoms with E-state index in [0.717, 1.165) is 27.8 Å². The smallest absolute Gasteiger partial charge is 0.221 e. The summed E-state index contributed by atoms with van der Waals surface area (Å²) < 4.78 is 0. The van der Waals surface area contributed by atoms with Crippen LogP contribution < -0.4 is 10.6 Å². The third kappa shape index (κ3) is 2.88. The maximum atomic E-state index is 11.0. The first kappa shape index (κ1) is 12.2. The molecular weight excluding hydrogens is 224 g/mol. The Labute approximate surface area is 107 Å². The van der Waals surface area contributed by atoms with Gasteiger partial charge in [-0.2, -0.15) is 0 Å². The first-order valence-electron chi connectivity index (χ1n) is 5.78. The number of benzene rings is 2. The fourth-order valence-corrected chi connectivity index (χ4v) is 1.85. The van der Waals surface area contributed by atoms with Crippen LogP contribution in [0.2, 0.25) is 0 Å². The van der Waals surface area contributed by atoms with Gasteiger partial charge in [-0.1, -0.05) is 18.7 Å². The van der Waals surface area contributed by atoms with Gasteiger partial charge in [0.05, 0.1) is 0 Å². The summed E-state index contributed by atoms with van der Waals surface area (Å²) in [6.07, 6.45) is 0. The second kappa shape index (κ2) is 4.92. The van der Waals surface area contributed by atoms with Gasteiger partial charge in [0.2, 0.25) is 5.91 Å². The first-order chi connectivity index (χ1) is 8.54. The predicted octanol–water partition coefficient (Wildman–Crippen LogP) is 3.74. The van der Waals surface area contributed by atoms with Crippen LogP contribution in [0.1, 0.15) is 13.8 Å². The summed E-state index contributed by atoms with van der Waals surface area (Å²) >= 11 is 0. The SMILES string of the molecule is C=C(C)Nc1ccc2cc(NC(C)=O)ccc2c1. The van der Waals surface area contributed by atoms with E-state index in [1.807, 2.05) is 37.3 Å². The molecule has 1 amide bonds. The van der Waals surface area contributed by atoms with Gasteiger partial charge < -0.3 is 10.6 Å². The predicted molar refractivity (Wildman–Crippen MR) is 76.7 cm³/mol. The van der Waals surface area contributed by atoms with Crippen molar-refractivity contribution < 1.29 is 4.79 Å². The average Bonchev–Trinajstić information content (AvgIpc) is 2.27. The lowest BCUT2D eigenvalue weighted by Gasteiger charge is -2.08. The number of amides is 1. The zero-order valence-electron chi connectivity index (χ0n) is 10.6. The first-order valence-corrected chi connectivity index (χ1v) is 5.78. The molecule has 0 saturated heterocycles. The highest BCUT2D eigenvalue weighted by Crippen LogP contribution is 2.23. The van der Waals surface area contributed by atoms with Gasteiger partial charge in [0.25, 0.3) is 0 Å². The number of nitrogens with one attached hydrogen (secondary N) is 2. The van der Waals surface area contributed by atoms with E-state index in [2.05, 4.69) is 23.3 Å². The van der Waals surface area contributed by atoms with Crippen LogP contribution in [0.4, 0.5) is 11.4 Å². The molecule has 2 aromatic carbocycles. The summed E-state index contributed by atoms with van der Waals surface area (Å²) in [4.78, 5) is 11.0. The molecule has 18 heavy (non-hydrogen) atoms. The van der Waals surface area contributed by atoms with Gasteiger partial charge in [-0.15, -0.1) is 0 Å². The molecular formula is C15H16N2O. The number of anilines is 2. The fourth-order valence-electron chi connectivity index (χ4n) is 1.85. The molecule has 3 heteroatoms. The van der Waals surface area contributed by atoms with Crippen LogP contribution in [0.25, 0.3) is 10.8 Å². The van der Waals surface area contributed by atoms with Crippen LogP contribution in [0, 0.1) is 0 Å². The van der Waals surface area contributed by atoms with Gasteiger partial charge in [0, 0.05) is 24.0 Å². The van der Waals surface area contributed by atoms with E-state index in [1.165, 1.54) is 6.92 Å². The number of fused-ring (bicyclic) bond motifs is 1. The van der Waals surface area contributed by atoms with Crippen molar-refractivity contribution in [2.24, 2.45) is 0 Å². The van der Waals surface area contributed by atoms with E-state index in [4.69, 9.17) is 0 Å². The minimum absolute atomic E-state index is 0.0603. The van der Waals surface area contributed by atoms with Crippen molar-refractivity contribution in [1.82, 2.24) is 0 Å². The van der Waals surface area contributed by atoms with Gasteiger partial charge in [-0.05, 0) is 42.0 Å². The Morgan fingerprint density at radius 1 is 0.944 bits per heavy atom. The van der Waals surface area contributed by atoms with Crippen molar-refractivity contribution in [3.05, 3.63) is 48.7 Å². The summed E-state index contributed by atoms with van der Waals surface area (Å²) in [5.41, 5.74) is 2.74. The molecule has 0 radical (unpaired) electrons. The molecule has 0 saturated carbocycles. The normalized spacial score (nSPS) is 10.1. The van der Waals surface area contributed by atoms with E-state index >= 15 is 0 Å². The maximum absolute atomic E-state index is 11.0. The minimum Gasteiger partial charge on any atom is -0.360 e. The Morgan fingerprint density at radius 3 is 1.89 bits per heavy atom. The molecule has 2 aromatic rings. The van der Waals surface area contributed by atoms with Gasteiger partial charge in [0.1, 0.15) is 0 Å². The fraction of sp³-hybridized carbons (Fsp3) is 0.133. The molecule has 0 aliphatic heterocycles. The van der Waals surface area contributed by atoms with Crippen molar-refractivity contribution in [1.29, 1.82) is 0 Å². The second-order valence-corrected chi connectivity index (χ2v) is 4.36. The molecule has 0 aromatic heterocycles. The third-order valence-corrected chi connectivity index (χ3v) is 2.52. The molecule has 2 rings (SSSR count). The van der Waals surface area contributed by atoms with Crippen LogP contribution in [0.3, 0.4) is 0 Å². The highest BCUT2D eigenvalue weighted by Gasteiger charge is 2.00. The molecule has 3 nitrogen and oxygen atoms in total. The van der Waals surface area contributed by atoms with Gasteiger partial charge >= 0.3 is 0 Å². The van der Waals surface area contributed by atoms with Crippen LogP contribution >= 0.6 is 0 Å².